The Morgan fingerprint density at radius 2 is 1.81 bits per heavy atom. The zero-order valence-corrected chi connectivity index (χ0v) is 21.2. The van der Waals surface area contributed by atoms with E-state index in [9.17, 15) is 14.0 Å². The molecule has 10 heteroatoms. The Morgan fingerprint density at radius 3 is 2.54 bits per heavy atom. The average Bonchev–Trinajstić information content (AvgIpc) is 2.87. The number of ether oxygens (including phenoxy) is 2. The van der Waals surface area contributed by atoms with E-state index in [1.807, 2.05) is 6.92 Å². The van der Waals surface area contributed by atoms with E-state index in [-0.39, 0.29) is 53.5 Å². The molecule has 1 fully saturated rings. The summed E-state index contributed by atoms with van der Waals surface area (Å²) >= 11 is 6.12. The van der Waals surface area contributed by atoms with Crippen LogP contribution in [0.1, 0.15) is 29.9 Å². The molecule has 2 unspecified atom stereocenters. The first-order valence-corrected chi connectivity index (χ1v) is 12.2. The molecule has 1 N–H and O–H groups in total. The van der Waals surface area contributed by atoms with Crippen LogP contribution in [-0.2, 0) is 11.3 Å². The van der Waals surface area contributed by atoms with Crippen LogP contribution in [0.5, 0.6) is 17.4 Å². The Bertz CT molecular complexity index is 1270. The average molecular weight is 528 g/mol. The van der Waals surface area contributed by atoms with Crippen molar-refractivity contribution in [2.75, 3.05) is 19.7 Å². The summed E-state index contributed by atoms with van der Waals surface area (Å²) in [4.78, 5) is 32.3. The van der Waals surface area contributed by atoms with Crippen molar-refractivity contribution >= 4 is 23.5 Å². The van der Waals surface area contributed by atoms with Gasteiger partial charge in [-0.3, -0.25) is 9.69 Å². The van der Waals surface area contributed by atoms with Crippen molar-refractivity contribution in [3.05, 3.63) is 82.8 Å². The lowest BCUT2D eigenvalue weighted by atomic mass is 10.1. The van der Waals surface area contributed by atoms with Gasteiger partial charge in [0.05, 0.1) is 0 Å². The molecule has 0 aliphatic carbocycles. The van der Waals surface area contributed by atoms with Gasteiger partial charge in [0.1, 0.15) is 5.82 Å². The maximum atomic E-state index is 13.2. The molecule has 4 rings (SSSR count). The number of benzene rings is 2. The van der Waals surface area contributed by atoms with Gasteiger partial charge in [-0.15, -0.1) is 0 Å². The van der Waals surface area contributed by atoms with E-state index in [1.165, 1.54) is 36.4 Å². The highest BCUT2D eigenvalue weighted by Crippen LogP contribution is 2.34. The van der Waals surface area contributed by atoms with Crippen LogP contribution in [0.25, 0.3) is 0 Å². The maximum Gasteiger partial charge on any atom is 0.354 e. The zero-order chi connectivity index (χ0) is 26.5. The monoisotopic (exact) mass is 527 g/mol. The van der Waals surface area contributed by atoms with E-state index in [2.05, 4.69) is 16.8 Å². The molecule has 2 atom stereocenters. The molecule has 8 nitrogen and oxygen atoms in total. The minimum Gasteiger partial charge on any atom is -0.480 e. The number of carbonyl (C=O) groups is 2. The fourth-order valence-corrected chi connectivity index (χ4v) is 4.36. The van der Waals surface area contributed by atoms with Crippen LogP contribution in [0.15, 0.2) is 60.7 Å². The third-order valence-electron chi connectivity index (χ3n) is 6.15. The second-order valence-electron chi connectivity index (χ2n) is 8.95. The van der Waals surface area contributed by atoms with Crippen molar-refractivity contribution < 1.29 is 28.6 Å². The number of rotatable bonds is 8. The second kappa shape index (κ2) is 11.6. The largest absolute Gasteiger partial charge is 0.480 e. The topological polar surface area (TPSA) is 92.2 Å². The van der Waals surface area contributed by atoms with Crippen LogP contribution in [0.4, 0.5) is 4.39 Å². The quantitative estimate of drug-likeness (QED) is 0.447. The first kappa shape index (κ1) is 26.4. The molecular weight excluding hydrogens is 501 g/mol. The number of piperazine rings is 1. The first-order valence-electron chi connectivity index (χ1n) is 11.8. The van der Waals surface area contributed by atoms with E-state index < -0.39 is 5.97 Å². The highest BCUT2D eigenvalue weighted by atomic mass is 35.5. The summed E-state index contributed by atoms with van der Waals surface area (Å²) in [7, 11) is 0. The van der Waals surface area contributed by atoms with Gasteiger partial charge in [0, 0.05) is 48.9 Å². The van der Waals surface area contributed by atoms with Gasteiger partial charge in [-0.05, 0) is 49.7 Å². The first-order chi connectivity index (χ1) is 17.7. The number of carboxylic acid groups (broad SMARTS) is 1. The lowest BCUT2D eigenvalue weighted by Gasteiger charge is -2.44. The van der Waals surface area contributed by atoms with Crippen molar-refractivity contribution in [1.82, 2.24) is 14.8 Å². The van der Waals surface area contributed by atoms with Gasteiger partial charge in [0.15, 0.2) is 23.8 Å². The molecule has 1 saturated heterocycles. The molecule has 37 heavy (non-hydrogen) atoms. The second-order valence-corrected chi connectivity index (χ2v) is 9.38. The zero-order valence-electron chi connectivity index (χ0n) is 20.4. The number of amides is 1. The summed E-state index contributed by atoms with van der Waals surface area (Å²) in [6.45, 7) is 5.70. The maximum absolute atomic E-state index is 13.2. The number of aromatic nitrogens is 1. The van der Waals surface area contributed by atoms with Gasteiger partial charge in [-0.1, -0.05) is 29.8 Å². The number of halogens is 2. The predicted octanol–water partition coefficient (Wildman–Crippen LogP) is 4.86. The minimum absolute atomic E-state index is 0.0448. The molecule has 0 spiro atoms. The number of carboxylic acids is 1. The van der Waals surface area contributed by atoms with Crippen LogP contribution < -0.4 is 9.47 Å². The fraction of sp³-hybridized carbons (Fsp3) is 0.296. The summed E-state index contributed by atoms with van der Waals surface area (Å²) in [6.07, 6.45) is 0. The lowest BCUT2D eigenvalue weighted by molar-refractivity contribution is -0.139. The number of hydrogen-bond donors (Lipinski definition) is 1. The molecule has 2 aromatic carbocycles. The van der Waals surface area contributed by atoms with Gasteiger partial charge in [0.2, 0.25) is 5.88 Å². The third-order valence-corrected chi connectivity index (χ3v) is 6.38. The van der Waals surface area contributed by atoms with Crippen molar-refractivity contribution in [2.45, 2.75) is 32.5 Å². The molecule has 0 bridgehead atoms. The van der Waals surface area contributed by atoms with Gasteiger partial charge < -0.3 is 19.5 Å². The Kier molecular flexibility index (Phi) is 8.25. The smallest absolute Gasteiger partial charge is 0.354 e. The molecule has 1 aliphatic heterocycles. The summed E-state index contributed by atoms with van der Waals surface area (Å²) in [6, 6.07) is 15.6. The van der Waals surface area contributed by atoms with Crippen molar-refractivity contribution in [3.63, 3.8) is 0 Å². The number of nitrogens with zero attached hydrogens (tertiary/aromatic N) is 3. The Labute approximate surface area is 219 Å². The third kappa shape index (κ3) is 6.75. The van der Waals surface area contributed by atoms with Gasteiger partial charge in [-0.2, -0.15) is 0 Å². The van der Waals surface area contributed by atoms with E-state index in [0.29, 0.717) is 24.7 Å². The van der Waals surface area contributed by atoms with Gasteiger partial charge in [0.25, 0.3) is 5.91 Å². The summed E-state index contributed by atoms with van der Waals surface area (Å²) in [5, 5.41) is 9.54. The van der Waals surface area contributed by atoms with Gasteiger partial charge >= 0.3 is 5.97 Å². The fourth-order valence-electron chi connectivity index (χ4n) is 4.20. The van der Waals surface area contributed by atoms with E-state index in [0.717, 1.165) is 5.56 Å². The Hall–Kier alpha value is -3.69. The van der Waals surface area contributed by atoms with E-state index >= 15 is 0 Å². The summed E-state index contributed by atoms with van der Waals surface area (Å²) < 4.78 is 24.8. The SMILES string of the molecule is CC1CN(C(=O)COc2ccc(Cl)cc2Oc2cccc(C(=O)O)n2)C(C)CN1Cc1ccc(F)cc1. The molecule has 3 aromatic rings. The van der Waals surface area contributed by atoms with E-state index in [4.69, 9.17) is 26.2 Å². The van der Waals surface area contributed by atoms with Crippen LogP contribution in [-0.4, -0.2) is 63.5 Å². The normalized spacial score (nSPS) is 17.9. The molecule has 1 amide bonds. The molecule has 0 radical (unpaired) electrons. The van der Waals surface area contributed by atoms with Crippen molar-refractivity contribution in [1.29, 1.82) is 0 Å². The number of hydrogen-bond acceptors (Lipinski definition) is 6. The Morgan fingerprint density at radius 1 is 1.05 bits per heavy atom. The molecule has 2 heterocycles. The molecule has 1 aliphatic rings. The lowest BCUT2D eigenvalue weighted by Crippen LogP contribution is -2.58. The summed E-state index contributed by atoms with van der Waals surface area (Å²) in [5.74, 6) is -1.08. The van der Waals surface area contributed by atoms with Gasteiger partial charge in [-0.25, -0.2) is 14.2 Å². The predicted molar refractivity (Wildman–Crippen MR) is 136 cm³/mol. The van der Waals surface area contributed by atoms with Crippen LogP contribution in [0, 0.1) is 5.82 Å². The standard InChI is InChI=1S/C27H27ClFN3O5/c1-17-14-32(18(2)13-31(17)15-19-6-9-21(29)10-7-19)26(33)16-36-23-11-8-20(28)12-24(23)37-25-5-3-4-22(30-25)27(34)35/h3-12,17-18H,13-16H2,1-2H3,(H,34,35). The van der Waals surface area contributed by atoms with Crippen molar-refractivity contribution in [2.24, 2.45) is 0 Å². The molecular formula is C27H27ClFN3O5. The minimum atomic E-state index is -1.18. The van der Waals surface area contributed by atoms with E-state index in [1.54, 1.807) is 29.2 Å². The molecule has 194 valence electrons. The Balaban J connectivity index is 1.39. The highest BCUT2D eigenvalue weighted by Gasteiger charge is 2.32. The van der Waals surface area contributed by atoms with Crippen LogP contribution >= 0.6 is 11.6 Å². The van der Waals surface area contributed by atoms with Crippen LogP contribution in [0.3, 0.4) is 0 Å². The molecule has 0 saturated carbocycles. The van der Waals surface area contributed by atoms with Crippen molar-refractivity contribution in [3.8, 4) is 17.4 Å². The number of pyridine rings is 1. The van der Waals surface area contributed by atoms with Crippen LogP contribution in [0.2, 0.25) is 5.02 Å². The number of carbonyl (C=O) groups excluding carboxylic acids is 1. The summed E-state index contributed by atoms with van der Waals surface area (Å²) in [5.41, 5.74) is 0.848. The highest BCUT2D eigenvalue weighted by molar-refractivity contribution is 6.30. The number of aromatic carboxylic acids is 1. The molecule has 1 aromatic heterocycles.